The maximum atomic E-state index is 11.7. The molecule has 0 aromatic rings. The van der Waals surface area contributed by atoms with E-state index in [9.17, 15) is 4.79 Å². The van der Waals surface area contributed by atoms with Gasteiger partial charge in [-0.05, 0) is 26.3 Å². The minimum atomic E-state index is -0.135. The summed E-state index contributed by atoms with van der Waals surface area (Å²) < 4.78 is 0. The monoisotopic (exact) mass is 187 g/mol. The number of carbonyl (C=O) groups is 1. The van der Waals surface area contributed by atoms with Gasteiger partial charge >= 0.3 is 0 Å². The molecule has 2 rings (SSSR count). The summed E-state index contributed by atoms with van der Waals surface area (Å²) in [7, 11) is 0. The van der Waals surface area contributed by atoms with Gasteiger partial charge in [0.25, 0.3) is 0 Å². The molecule has 1 aliphatic carbocycles. The fourth-order valence-electron chi connectivity index (χ4n) is 1.94. The highest BCUT2D eigenvalue weighted by atomic mass is 16.1. The zero-order chi connectivity index (χ0) is 10.3. The average molecular weight is 187 g/mol. The molecule has 0 saturated carbocycles. The number of allylic oxidation sites excluding steroid dienone is 6. The average Bonchev–Trinajstić information content (AvgIpc) is 2.07. The third-order valence-electron chi connectivity index (χ3n) is 2.53. The second kappa shape index (κ2) is 3.05. The predicted octanol–water partition coefficient (Wildman–Crippen LogP) is 2.44. The molecule has 0 bridgehead atoms. The molecule has 0 N–H and O–H groups in total. The smallest absolute Gasteiger partial charge is 0.170 e. The molecule has 1 atom stereocenters. The van der Waals surface area contributed by atoms with Crippen LogP contribution < -0.4 is 0 Å². The van der Waals surface area contributed by atoms with Crippen LogP contribution in [0.5, 0.6) is 0 Å². The zero-order valence-corrected chi connectivity index (χ0v) is 8.66. The van der Waals surface area contributed by atoms with Crippen molar-refractivity contribution in [3.63, 3.8) is 0 Å². The standard InChI is InChI=1S/C12H13NO/c1-7-4-8(2)12-10(5-7)11(14)6-9(3)13-12/h4-6,10H,1-3H3. The Morgan fingerprint density at radius 1 is 1.21 bits per heavy atom. The van der Waals surface area contributed by atoms with Crippen LogP contribution in [0.4, 0.5) is 0 Å². The lowest BCUT2D eigenvalue weighted by molar-refractivity contribution is -0.115. The molecule has 72 valence electrons. The molecule has 14 heavy (non-hydrogen) atoms. The van der Waals surface area contributed by atoms with Crippen LogP contribution in [0, 0.1) is 5.92 Å². The topological polar surface area (TPSA) is 29.4 Å². The fraction of sp³-hybridized carbons (Fsp3) is 0.333. The number of hydrogen-bond donors (Lipinski definition) is 0. The minimum Gasteiger partial charge on any atom is -0.294 e. The van der Waals surface area contributed by atoms with Gasteiger partial charge in [0.2, 0.25) is 0 Å². The number of aliphatic imine (C=N–C) groups is 1. The van der Waals surface area contributed by atoms with E-state index in [0.717, 1.165) is 22.6 Å². The largest absolute Gasteiger partial charge is 0.294 e. The number of ketones is 1. The van der Waals surface area contributed by atoms with Crippen molar-refractivity contribution in [3.05, 3.63) is 35.1 Å². The number of fused-ring (bicyclic) bond motifs is 1. The maximum Gasteiger partial charge on any atom is 0.170 e. The second-order valence-corrected chi connectivity index (χ2v) is 3.90. The summed E-state index contributed by atoms with van der Waals surface area (Å²) in [6, 6.07) is 0. The van der Waals surface area contributed by atoms with Gasteiger partial charge in [0.1, 0.15) is 0 Å². The quantitative estimate of drug-likeness (QED) is 0.572. The maximum absolute atomic E-state index is 11.7. The predicted molar refractivity (Wildman–Crippen MR) is 57.2 cm³/mol. The molecule has 0 fully saturated rings. The Labute approximate surface area is 83.7 Å². The van der Waals surface area contributed by atoms with Gasteiger partial charge in [0.15, 0.2) is 5.78 Å². The van der Waals surface area contributed by atoms with Crippen LogP contribution >= 0.6 is 0 Å². The molecule has 2 aliphatic rings. The lowest BCUT2D eigenvalue weighted by Crippen LogP contribution is -2.27. The first kappa shape index (κ1) is 9.13. The highest BCUT2D eigenvalue weighted by Gasteiger charge is 2.27. The molecule has 1 unspecified atom stereocenters. The molecule has 1 aliphatic heterocycles. The SMILES string of the molecule is CC1=CC2C(=O)C=C(C)N=C2C(C)=C1. The van der Waals surface area contributed by atoms with E-state index in [2.05, 4.69) is 11.1 Å². The fourth-order valence-corrected chi connectivity index (χ4v) is 1.94. The lowest BCUT2D eigenvalue weighted by Gasteiger charge is -2.22. The summed E-state index contributed by atoms with van der Waals surface area (Å²) in [4.78, 5) is 16.1. The van der Waals surface area contributed by atoms with Gasteiger partial charge in [0.05, 0.1) is 11.6 Å². The highest BCUT2D eigenvalue weighted by Crippen LogP contribution is 2.25. The van der Waals surface area contributed by atoms with E-state index in [-0.39, 0.29) is 11.7 Å². The van der Waals surface area contributed by atoms with Crippen LogP contribution in [0.25, 0.3) is 0 Å². The summed E-state index contributed by atoms with van der Waals surface area (Å²) in [5, 5.41) is 0. The molecule has 0 aromatic carbocycles. The van der Waals surface area contributed by atoms with E-state index in [0.29, 0.717) is 0 Å². The first-order valence-electron chi connectivity index (χ1n) is 4.76. The Morgan fingerprint density at radius 3 is 2.64 bits per heavy atom. The molecule has 0 spiro atoms. The normalized spacial score (nSPS) is 25.9. The van der Waals surface area contributed by atoms with Gasteiger partial charge in [-0.25, -0.2) is 0 Å². The van der Waals surface area contributed by atoms with Crippen molar-refractivity contribution in [3.8, 4) is 0 Å². The van der Waals surface area contributed by atoms with Crippen LogP contribution in [0.3, 0.4) is 0 Å². The number of nitrogens with zero attached hydrogens (tertiary/aromatic N) is 1. The molecule has 2 heteroatoms. The second-order valence-electron chi connectivity index (χ2n) is 3.90. The van der Waals surface area contributed by atoms with Gasteiger partial charge in [-0.1, -0.05) is 17.7 Å². The molecular weight excluding hydrogens is 174 g/mol. The Balaban J connectivity index is 2.52. The Kier molecular flexibility index (Phi) is 1.99. The molecule has 1 heterocycles. The van der Waals surface area contributed by atoms with E-state index < -0.39 is 0 Å². The molecular formula is C12H13NO. The van der Waals surface area contributed by atoms with Crippen LogP contribution in [0.1, 0.15) is 20.8 Å². The van der Waals surface area contributed by atoms with Crippen LogP contribution in [0.2, 0.25) is 0 Å². The minimum absolute atomic E-state index is 0.135. The van der Waals surface area contributed by atoms with Crippen LogP contribution in [0.15, 0.2) is 40.1 Å². The summed E-state index contributed by atoms with van der Waals surface area (Å²) in [5.74, 6) is 0.0167. The van der Waals surface area contributed by atoms with Crippen molar-refractivity contribution in [1.29, 1.82) is 0 Å². The van der Waals surface area contributed by atoms with Crippen molar-refractivity contribution in [2.75, 3.05) is 0 Å². The number of hydrogen-bond acceptors (Lipinski definition) is 2. The first-order valence-corrected chi connectivity index (χ1v) is 4.76. The highest BCUT2D eigenvalue weighted by molar-refractivity contribution is 6.20. The molecule has 0 amide bonds. The van der Waals surface area contributed by atoms with Crippen molar-refractivity contribution in [2.45, 2.75) is 20.8 Å². The van der Waals surface area contributed by atoms with E-state index in [1.165, 1.54) is 0 Å². The van der Waals surface area contributed by atoms with E-state index in [1.54, 1.807) is 6.08 Å². The van der Waals surface area contributed by atoms with E-state index in [1.807, 2.05) is 26.8 Å². The molecule has 0 radical (unpaired) electrons. The van der Waals surface area contributed by atoms with Gasteiger partial charge in [-0.15, -0.1) is 0 Å². The van der Waals surface area contributed by atoms with Crippen molar-refractivity contribution in [2.24, 2.45) is 10.9 Å². The number of rotatable bonds is 0. The third-order valence-corrected chi connectivity index (χ3v) is 2.53. The zero-order valence-electron chi connectivity index (χ0n) is 8.66. The van der Waals surface area contributed by atoms with Gasteiger partial charge in [0, 0.05) is 11.8 Å². The first-order chi connectivity index (χ1) is 6.58. The van der Waals surface area contributed by atoms with E-state index >= 15 is 0 Å². The van der Waals surface area contributed by atoms with Gasteiger partial charge in [-0.3, -0.25) is 9.79 Å². The Bertz CT molecular complexity index is 422. The van der Waals surface area contributed by atoms with E-state index in [4.69, 9.17) is 0 Å². The number of carbonyl (C=O) groups excluding carboxylic acids is 1. The molecule has 0 aromatic heterocycles. The van der Waals surface area contributed by atoms with Gasteiger partial charge in [-0.2, -0.15) is 0 Å². The third kappa shape index (κ3) is 1.37. The van der Waals surface area contributed by atoms with Crippen LogP contribution in [-0.2, 0) is 4.79 Å². The van der Waals surface area contributed by atoms with Crippen LogP contribution in [-0.4, -0.2) is 11.5 Å². The van der Waals surface area contributed by atoms with Crippen molar-refractivity contribution >= 4 is 11.5 Å². The molecule has 0 saturated heterocycles. The Morgan fingerprint density at radius 2 is 1.93 bits per heavy atom. The Hall–Kier alpha value is -1.44. The van der Waals surface area contributed by atoms with Crippen molar-refractivity contribution in [1.82, 2.24) is 0 Å². The summed E-state index contributed by atoms with van der Waals surface area (Å²) in [6.07, 6.45) is 5.68. The van der Waals surface area contributed by atoms with Crippen molar-refractivity contribution < 1.29 is 4.79 Å². The van der Waals surface area contributed by atoms with Gasteiger partial charge < -0.3 is 0 Å². The summed E-state index contributed by atoms with van der Waals surface area (Å²) in [5.41, 5.74) is 3.98. The summed E-state index contributed by atoms with van der Waals surface area (Å²) in [6.45, 7) is 5.88. The summed E-state index contributed by atoms with van der Waals surface area (Å²) >= 11 is 0. The lowest BCUT2D eigenvalue weighted by atomic mass is 9.84. The molecule has 2 nitrogen and oxygen atoms in total.